The molecule has 3 nitrogen and oxygen atoms in total. The molecule has 1 aliphatic rings. The Morgan fingerprint density at radius 1 is 1.44 bits per heavy atom. The van der Waals surface area contributed by atoms with Crippen molar-refractivity contribution in [1.82, 2.24) is 0 Å². The van der Waals surface area contributed by atoms with Crippen molar-refractivity contribution in [1.29, 1.82) is 0 Å². The van der Waals surface area contributed by atoms with Crippen LogP contribution in [0.15, 0.2) is 24.3 Å². The van der Waals surface area contributed by atoms with Gasteiger partial charge in [0.05, 0.1) is 26.2 Å². The molecule has 0 saturated carbocycles. The fourth-order valence-corrected chi connectivity index (χ4v) is 2.50. The standard InChI is InChI=1S/C15H20O3/c1-11-6-4-5-7-12(11)13(14(16)17-3)8-15(2)9-18-10-15/h4-7,13H,8-10H2,1-3H3. The summed E-state index contributed by atoms with van der Waals surface area (Å²) in [6.45, 7) is 5.65. The number of ether oxygens (including phenoxy) is 2. The Balaban J connectivity index is 2.25. The molecule has 0 aromatic heterocycles. The number of rotatable bonds is 4. The lowest BCUT2D eigenvalue weighted by Crippen LogP contribution is -2.42. The zero-order valence-electron chi connectivity index (χ0n) is 11.2. The largest absolute Gasteiger partial charge is 0.469 e. The van der Waals surface area contributed by atoms with Gasteiger partial charge in [-0.15, -0.1) is 0 Å². The van der Waals surface area contributed by atoms with Gasteiger partial charge < -0.3 is 9.47 Å². The van der Waals surface area contributed by atoms with Crippen LogP contribution in [0.2, 0.25) is 0 Å². The molecule has 0 spiro atoms. The highest BCUT2D eigenvalue weighted by Gasteiger charge is 2.39. The molecule has 1 aliphatic heterocycles. The van der Waals surface area contributed by atoms with Gasteiger partial charge in [-0.1, -0.05) is 31.2 Å². The number of carbonyl (C=O) groups excluding carboxylic acids is 1. The predicted octanol–water partition coefficient (Wildman–Crippen LogP) is 2.68. The second kappa shape index (κ2) is 5.11. The average molecular weight is 248 g/mol. The van der Waals surface area contributed by atoms with Gasteiger partial charge in [-0.05, 0) is 24.5 Å². The van der Waals surface area contributed by atoms with Crippen LogP contribution in [0, 0.1) is 12.3 Å². The highest BCUT2D eigenvalue weighted by molar-refractivity contribution is 5.78. The Labute approximate surface area is 108 Å². The summed E-state index contributed by atoms with van der Waals surface area (Å²) in [7, 11) is 1.45. The predicted molar refractivity (Wildman–Crippen MR) is 69.5 cm³/mol. The molecule has 0 aliphatic carbocycles. The minimum Gasteiger partial charge on any atom is -0.469 e. The van der Waals surface area contributed by atoms with Crippen molar-refractivity contribution in [3.63, 3.8) is 0 Å². The monoisotopic (exact) mass is 248 g/mol. The highest BCUT2D eigenvalue weighted by Crippen LogP contribution is 2.38. The van der Waals surface area contributed by atoms with E-state index in [9.17, 15) is 4.79 Å². The van der Waals surface area contributed by atoms with E-state index in [1.807, 2.05) is 31.2 Å². The summed E-state index contributed by atoms with van der Waals surface area (Å²) in [5, 5.41) is 0. The average Bonchev–Trinajstić information content (AvgIpc) is 2.34. The number of hydrogen-bond acceptors (Lipinski definition) is 3. The molecule has 3 heteroatoms. The Morgan fingerprint density at radius 3 is 2.61 bits per heavy atom. The van der Waals surface area contributed by atoms with Crippen LogP contribution in [0.3, 0.4) is 0 Å². The quantitative estimate of drug-likeness (QED) is 0.768. The van der Waals surface area contributed by atoms with Crippen molar-refractivity contribution < 1.29 is 14.3 Å². The van der Waals surface area contributed by atoms with Gasteiger partial charge in [-0.3, -0.25) is 4.79 Å². The molecule has 18 heavy (non-hydrogen) atoms. The molecular formula is C15H20O3. The first-order chi connectivity index (χ1) is 8.56. The van der Waals surface area contributed by atoms with Gasteiger partial charge in [0.15, 0.2) is 0 Å². The third kappa shape index (κ3) is 2.56. The van der Waals surface area contributed by atoms with E-state index in [2.05, 4.69) is 6.92 Å². The maximum atomic E-state index is 12.0. The van der Waals surface area contributed by atoms with Crippen molar-refractivity contribution in [2.75, 3.05) is 20.3 Å². The fraction of sp³-hybridized carbons (Fsp3) is 0.533. The zero-order chi connectivity index (χ0) is 13.2. The summed E-state index contributed by atoms with van der Waals surface area (Å²) < 4.78 is 10.2. The second-order valence-corrected chi connectivity index (χ2v) is 5.44. The molecule has 1 heterocycles. The first-order valence-corrected chi connectivity index (χ1v) is 6.27. The maximum absolute atomic E-state index is 12.0. The van der Waals surface area contributed by atoms with Crippen LogP contribution in [-0.4, -0.2) is 26.3 Å². The number of esters is 1. The van der Waals surface area contributed by atoms with E-state index in [1.54, 1.807) is 0 Å². The van der Waals surface area contributed by atoms with Gasteiger partial charge in [0.2, 0.25) is 0 Å². The van der Waals surface area contributed by atoms with E-state index in [1.165, 1.54) is 7.11 Å². The molecule has 1 aromatic carbocycles. The molecule has 0 radical (unpaired) electrons. The molecule has 0 N–H and O–H groups in total. The minimum atomic E-state index is -0.190. The van der Waals surface area contributed by atoms with Gasteiger partial charge in [-0.2, -0.15) is 0 Å². The van der Waals surface area contributed by atoms with Gasteiger partial charge in [-0.25, -0.2) is 0 Å². The van der Waals surface area contributed by atoms with Crippen LogP contribution >= 0.6 is 0 Å². The van der Waals surface area contributed by atoms with E-state index in [0.29, 0.717) is 0 Å². The zero-order valence-corrected chi connectivity index (χ0v) is 11.2. The van der Waals surface area contributed by atoms with Gasteiger partial charge in [0.25, 0.3) is 0 Å². The molecule has 2 rings (SSSR count). The van der Waals surface area contributed by atoms with E-state index < -0.39 is 0 Å². The minimum absolute atomic E-state index is 0.0984. The summed E-state index contributed by atoms with van der Waals surface area (Å²) in [6, 6.07) is 8.00. The highest BCUT2D eigenvalue weighted by atomic mass is 16.5. The maximum Gasteiger partial charge on any atom is 0.313 e. The van der Waals surface area contributed by atoms with Crippen LogP contribution in [-0.2, 0) is 14.3 Å². The van der Waals surface area contributed by atoms with E-state index in [0.717, 1.165) is 30.8 Å². The van der Waals surface area contributed by atoms with Crippen LogP contribution < -0.4 is 0 Å². The summed E-state index contributed by atoms with van der Waals surface area (Å²) >= 11 is 0. The first-order valence-electron chi connectivity index (χ1n) is 6.27. The summed E-state index contributed by atoms with van der Waals surface area (Å²) in [5.41, 5.74) is 2.30. The molecule has 1 fully saturated rings. The topological polar surface area (TPSA) is 35.5 Å². The van der Waals surface area contributed by atoms with Crippen molar-refractivity contribution in [3.05, 3.63) is 35.4 Å². The molecule has 1 saturated heterocycles. The summed E-state index contributed by atoms with van der Waals surface area (Å²) in [6.07, 6.45) is 0.782. The number of carbonyl (C=O) groups is 1. The Hall–Kier alpha value is -1.35. The van der Waals surface area contributed by atoms with Crippen molar-refractivity contribution >= 4 is 5.97 Å². The van der Waals surface area contributed by atoms with Gasteiger partial charge in [0, 0.05) is 5.41 Å². The summed E-state index contributed by atoms with van der Waals surface area (Å²) in [5.74, 6) is -0.345. The smallest absolute Gasteiger partial charge is 0.313 e. The first kappa shape index (κ1) is 13.1. The Bertz CT molecular complexity index is 435. The van der Waals surface area contributed by atoms with Gasteiger partial charge in [0.1, 0.15) is 0 Å². The number of benzene rings is 1. The summed E-state index contributed by atoms with van der Waals surface area (Å²) in [4.78, 5) is 12.0. The lowest BCUT2D eigenvalue weighted by atomic mass is 9.76. The van der Waals surface area contributed by atoms with Crippen molar-refractivity contribution in [2.45, 2.75) is 26.2 Å². The molecule has 1 aromatic rings. The Kier molecular flexibility index (Phi) is 3.71. The van der Waals surface area contributed by atoms with Gasteiger partial charge >= 0.3 is 5.97 Å². The van der Waals surface area contributed by atoms with Crippen LogP contribution in [0.1, 0.15) is 30.4 Å². The number of aryl methyl sites for hydroxylation is 1. The number of methoxy groups -OCH3 is 1. The molecule has 0 bridgehead atoms. The third-order valence-corrected chi connectivity index (χ3v) is 3.65. The molecule has 1 atom stereocenters. The van der Waals surface area contributed by atoms with E-state index >= 15 is 0 Å². The van der Waals surface area contributed by atoms with Crippen LogP contribution in [0.4, 0.5) is 0 Å². The number of hydrogen-bond donors (Lipinski definition) is 0. The third-order valence-electron chi connectivity index (χ3n) is 3.65. The second-order valence-electron chi connectivity index (χ2n) is 5.44. The Morgan fingerprint density at radius 2 is 2.11 bits per heavy atom. The molecule has 98 valence electrons. The van der Waals surface area contributed by atoms with E-state index in [-0.39, 0.29) is 17.3 Å². The molecule has 1 unspecified atom stereocenters. The van der Waals surface area contributed by atoms with E-state index in [4.69, 9.17) is 9.47 Å². The van der Waals surface area contributed by atoms with Crippen molar-refractivity contribution in [3.8, 4) is 0 Å². The van der Waals surface area contributed by atoms with Crippen LogP contribution in [0.25, 0.3) is 0 Å². The molecule has 0 amide bonds. The lowest BCUT2D eigenvalue weighted by Gasteiger charge is -2.40. The molecular weight excluding hydrogens is 228 g/mol. The SMILES string of the molecule is COC(=O)C(CC1(C)COC1)c1ccccc1C. The fourth-order valence-electron chi connectivity index (χ4n) is 2.50. The lowest BCUT2D eigenvalue weighted by molar-refractivity contribution is -0.148. The van der Waals surface area contributed by atoms with Crippen molar-refractivity contribution in [2.24, 2.45) is 5.41 Å². The normalized spacial score (nSPS) is 18.8. The van der Waals surface area contributed by atoms with Crippen LogP contribution in [0.5, 0.6) is 0 Å².